The molecule has 1 heterocycles. The summed E-state index contributed by atoms with van der Waals surface area (Å²) in [5.41, 5.74) is 9.96. The SMILES string of the molecule is COc1cc(CSc2nc3ccccc3[nH]2)ccc1CN. The molecule has 0 aliphatic carbocycles. The molecule has 4 nitrogen and oxygen atoms in total. The molecule has 0 bridgehead atoms. The summed E-state index contributed by atoms with van der Waals surface area (Å²) in [5.74, 6) is 1.68. The van der Waals surface area contributed by atoms with Gasteiger partial charge in [0.1, 0.15) is 5.75 Å². The molecule has 3 rings (SSSR count). The third kappa shape index (κ3) is 3.04. The van der Waals surface area contributed by atoms with E-state index in [2.05, 4.69) is 16.0 Å². The molecule has 0 unspecified atom stereocenters. The molecule has 0 radical (unpaired) electrons. The molecule has 2 aromatic carbocycles. The fraction of sp³-hybridized carbons (Fsp3) is 0.188. The van der Waals surface area contributed by atoms with Crippen molar-refractivity contribution < 1.29 is 4.74 Å². The van der Waals surface area contributed by atoms with Gasteiger partial charge in [-0.3, -0.25) is 0 Å². The second kappa shape index (κ2) is 6.20. The van der Waals surface area contributed by atoms with Gasteiger partial charge in [-0.25, -0.2) is 4.98 Å². The third-order valence-electron chi connectivity index (χ3n) is 3.31. The van der Waals surface area contributed by atoms with Crippen LogP contribution < -0.4 is 10.5 Å². The zero-order valence-electron chi connectivity index (χ0n) is 11.8. The molecule has 3 aromatic rings. The van der Waals surface area contributed by atoms with Crippen molar-refractivity contribution >= 4 is 22.8 Å². The van der Waals surface area contributed by atoms with Crippen LogP contribution in [-0.4, -0.2) is 17.1 Å². The number of rotatable bonds is 5. The van der Waals surface area contributed by atoms with Gasteiger partial charge >= 0.3 is 0 Å². The molecule has 0 fully saturated rings. The van der Waals surface area contributed by atoms with Crippen molar-refractivity contribution in [3.8, 4) is 5.75 Å². The summed E-state index contributed by atoms with van der Waals surface area (Å²) in [6.45, 7) is 0.486. The maximum absolute atomic E-state index is 5.68. The van der Waals surface area contributed by atoms with Crippen LogP contribution in [0.5, 0.6) is 5.75 Å². The highest BCUT2D eigenvalue weighted by Gasteiger charge is 2.06. The Morgan fingerprint density at radius 2 is 2.10 bits per heavy atom. The van der Waals surface area contributed by atoms with Crippen LogP contribution in [0, 0.1) is 0 Å². The molecule has 0 amide bonds. The highest BCUT2D eigenvalue weighted by molar-refractivity contribution is 7.98. The Kier molecular flexibility index (Phi) is 4.13. The van der Waals surface area contributed by atoms with E-state index >= 15 is 0 Å². The van der Waals surface area contributed by atoms with Gasteiger partial charge in [0, 0.05) is 17.9 Å². The van der Waals surface area contributed by atoms with Crippen LogP contribution in [0.15, 0.2) is 47.6 Å². The lowest BCUT2D eigenvalue weighted by Crippen LogP contribution is -2.00. The number of nitrogens with one attached hydrogen (secondary N) is 1. The van der Waals surface area contributed by atoms with E-state index in [-0.39, 0.29) is 0 Å². The minimum Gasteiger partial charge on any atom is -0.496 e. The molecule has 108 valence electrons. The van der Waals surface area contributed by atoms with E-state index in [0.717, 1.165) is 33.3 Å². The van der Waals surface area contributed by atoms with E-state index in [1.807, 2.05) is 36.4 Å². The van der Waals surface area contributed by atoms with Crippen molar-refractivity contribution in [3.63, 3.8) is 0 Å². The molecular formula is C16H17N3OS. The number of nitrogens with two attached hydrogens (primary N) is 1. The fourth-order valence-corrected chi connectivity index (χ4v) is 3.02. The number of hydrogen-bond donors (Lipinski definition) is 2. The van der Waals surface area contributed by atoms with Crippen molar-refractivity contribution in [3.05, 3.63) is 53.6 Å². The molecule has 0 spiro atoms. The fourth-order valence-electron chi connectivity index (χ4n) is 2.20. The van der Waals surface area contributed by atoms with Gasteiger partial charge in [0.2, 0.25) is 0 Å². The van der Waals surface area contributed by atoms with Crippen LogP contribution in [-0.2, 0) is 12.3 Å². The lowest BCUT2D eigenvalue weighted by Gasteiger charge is -2.08. The van der Waals surface area contributed by atoms with Gasteiger partial charge in [0.05, 0.1) is 18.1 Å². The summed E-state index contributed by atoms with van der Waals surface area (Å²) in [6.07, 6.45) is 0. The Morgan fingerprint density at radius 3 is 2.86 bits per heavy atom. The first-order chi connectivity index (χ1) is 10.3. The number of ether oxygens (including phenoxy) is 1. The van der Waals surface area contributed by atoms with E-state index in [9.17, 15) is 0 Å². The topological polar surface area (TPSA) is 63.9 Å². The number of nitrogens with zero attached hydrogens (tertiary/aromatic N) is 1. The number of H-pyrrole nitrogens is 1. The number of hydrogen-bond acceptors (Lipinski definition) is 4. The van der Waals surface area contributed by atoms with Crippen molar-refractivity contribution in [1.29, 1.82) is 0 Å². The lowest BCUT2D eigenvalue weighted by atomic mass is 10.1. The van der Waals surface area contributed by atoms with Gasteiger partial charge in [0.15, 0.2) is 5.16 Å². The van der Waals surface area contributed by atoms with E-state index in [1.54, 1.807) is 18.9 Å². The highest BCUT2D eigenvalue weighted by atomic mass is 32.2. The van der Waals surface area contributed by atoms with Gasteiger partial charge in [-0.05, 0) is 23.8 Å². The van der Waals surface area contributed by atoms with Crippen LogP contribution in [0.1, 0.15) is 11.1 Å². The molecule has 0 saturated carbocycles. The second-order valence-electron chi connectivity index (χ2n) is 4.70. The molecule has 0 saturated heterocycles. The van der Waals surface area contributed by atoms with E-state index in [1.165, 1.54) is 5.56 Å². The Labute approximate surface area is 127 Å². The Hall–Kier alpha value is -1.98. The minimum atomic E-state index is 0.486. The van der Waals surface area contributed by atoms with E-state index in [4.69, 9.17) is 10.5 Å². The molecule has 21 heavy (non-hydrogen) atoms. The molecule has 5 heteroatoms. The number of imidazole rings is 1. The number of aromatic amines is 1. The first kappa shape index (κ1) is 14.0. The number of para-hydroxylation sites is 2. The van der Waals surface area contributed by atoms with Gasteiger partial charge in [-0.15, -0.1) is 0 Å². The quantitative estimate of drug-likeness (QED) is 0.709. The minimum absolute atomic E-state index is 0.486. The van der Waals surface area contributed by atoms with E-state index in [0.29, 0.717) is 6.54 Å². The maximum atomic E-state index is 5.68. The number of aromatic nitrogens is 2. The second-order valence-corrected chi connectivity index (χ2v) is 5.66. The summed E-state index contributed by atoms with van der Waals surface area (Å²) in [6, 6.07) is 14.2. The standard InChI is InChI=1S/C16H17N3OS/c1-20-15-8-11(6-7-12(15)9-17)10-21-16-18-13-4-2-3-5-14(13)19-16/h2-8H,9-10,17H2,1H3,(H,18,19). The maximum Gasteiger partial charge on any atom is 0.166 e. The molecule has 3 N–H and O–H groups in total. The van der Waals surface area contributed by atoms with Crippen LogP contribution in [0.3, 0.4) is 0 Å². The zero-order valence-corrected chi connectivity index (χ0v) is 12.6. The summed E-state index contributed by atoms with van der Waals surface area (Å²) >= 11 is 1.68. The molecule has 0 aliphatic rings. The van der Waals surface area contributed by atoms with Crippen molar-refractivity contribution in [2.24, 2.45) is 5.73 Å². The Balaban J connectivity index is 1.75. The number of thioether (sulfide) groups is 1. The average molecular weight is 299 g/mol. The molecule has 1 aromatic heterocycles. The van der Waals surface area contributed by atoms with Crippen LogP contribution in [0.25, 0.3) is 11.0 Å². The van der Waals surface area contributed by atoms with Crippen LogP contribution in [0.4, 0.5) is 0 Å². The van der Waals surface area contributed by atoms with Crippen molar-refractivity contribution in [1.82, 2.24) is 9.97 Å². The smallest absolute Gasteiger partial charge is 0.166 e. The predicted molar refractivity (Wildman–Crippen MR) is 86.5 cm³/mol. The van der Waals surface area contributed by atoms with E-state index < -0.39 is 0 Å². The van der Waals surface area contributed by atoms with Gasteiger partial charge in [-0.1, -0.05) is 36.0 Å². The predicted octanol–water partition coefficient (Wildman–Crippen LogP) is 3.32. The highest BCUT2D eigenvalue weighted by Crippen LogP contribution is 2.26. The number of fused-ring (bicyclic) bond motifs is 1. The zero-order chi connectivity index (χ0) is 14.7. The molecular weight excluding hydrogens is 282 g/mol. The summed E-state index contributed by atoms with van der Waals surface area (Å²) in [7, 11) is 1.67. The number of methoxy groups -OCH3 is 1. The Morgan fingerprint density at radius 1 is 1.24 bits per heavy atom. The average Bonchev–Trinajstić information content (AvgIpc) is 2.95. The monoisotopic (exact) mass is 299 g/mol. The third-order valence-corrected chi connectivity index (χ3v) is 4.26. The Bertz CT molecular complexity index is 721. The van der Waals surface area contributed by atoms with Crippen molar-refractivity contribution in [2.45, 2.75) is 17.5 Å². The summed E-state index contributed by atoms with van der Waals surface area (Å²) < 4.78 is 5.36. The lowest BCUT2D eigenvalue weighted by molar-refractivity contribution is 0.409. The van der Waals surface area contributed by atoms with Gasteiger partial charge in [0.25, 0.3) is 0 Å². The van der Waals surface area contributed by atoms with Crippen molar-refractivity contribution in [2.75, 3.05) is 7.11 Å². The van der Waals surface area contributed by atoms with Gasteiger partial charge < -0.3 is 15.5 Å². The summed E-state index contributed by atoms with van der Waals surface area (Å²) in [4.78, 5) is 7.88. The molecule has 0 atom stereocenters. The summed E-state index contributed by atoms with van der Waals surface area (Å²) in [5, 5.41) is 0.929. The van der Waals surface area contributed by atoms with Crippen LogP contribution in [0.2, 0.25) is 0 Å². The first-order valence-electron chi connectivity index (χ1n) is 6.73. The first-order valence-corrected chi connectivity index (χ1v) is 7.72. The normalized spacial score (nSPS) is 11.0. The largest absolute Gasteiger partial charge is 0.496 e. The van der Waals surface area contributed by atoms with Gasteiger partial charge in [-0.2, -0.15) is 0 Å². The number of benzene rings is 2. The van der Waals surface area contributed by atoms with Crippen LogP contribution >= 0.6 is 11.8 Å². The molecule has 0 aliphatic heterocycles.